The first-order valence-electron chi connectivity index (χ1n) is 11.9. The Balaban J connectivity index is 1.63. The number of ether oxygens (including phenoxy) is 1. The van der Waals surface area contributed by atoms with Crippen LogP contribution in [0.3, 0.4) is 0 Å². The Labute approximate surface area is 206 Å². The zero-order valence-electron chi connectivity index (χ0n) is 21.2. The van der Waals surface area contributed by atoms with E-state index in [1.54, 1.807) is 18.7 Å². The monoisotopic (exact) mass is 471 g/mol. The van der Waals surface area contributed by atoms with Crippen molar-refractivity contribution in [3.63, 3.8) is 0 Å². The van der Waals surface area contributed by atoms with Crippen molar-refractivity contribution in [2.45, 2.75) is 46.4 Å². The molecule has 4 heterocycles. The number of hydrogen-bond acceptors (Lipinski definition) is 6. The Morgan fingerprint density at radius 2 is 2.00 bits per heavy atom. The summed E-state index contributed by atoms with van der Waals surface area (Å²) >= 11 is 0. The maximum atomic E-state index is 12.4. The van der Waals surface area contributed by atoms with E-state index in [0.717, 1.165) is 47.6 Å². The summed E-state index contributed by atoms with van der Waals surface area (Å²) in [6.45, 7) is 8.14. The summed E-state index contributed by atoms with van der Waals surface area (Å²) in [4.78, 5) is 28.7. The smallest absolute Gasteiger partial charge is 0.253 e. The molecule has 0 radical (unpaired) electrons. The Hall–Kier alpha value is -3.42. The summed E-state index contributed by atoms with van der Waals surface area (Å²) in [7, 11) is 3.35. The highest BCUT2D eigenvalue weighted by Gasteiger charge is 2.24. The highest BCUT2D eigenvalue weighted by atomic mass is 16.5. The van der Waals surface area contributed by atoms with Crippen molar-refractivity contribution >= 4 is 6.08 Å². The molecule has 0 fully saturated rings. The number of pyridine rings is 2. The first-order valence-corrected chi connectivity index (χ1v) is 11.9. The van der Waals surface area contributed by atoms with Crippen molar-refractivity contribution in [2.24, 2.45) is 7.05 Å². The van der Waals surface area contributed by atoms with Crippen molar-refractivity contribution in [3.05, 3.63) is 93.2 Å². The van der Waals surface area contributed by atoms with Crippen molar-refractivity contribution < 1.29 is 4.74 Å². The van der Waals surface area contributed by atoms with Crippen LogP contribution in [0.5, 0.6) is 0 Å². The molecule has 1 unspecified atom stereocenters. The van der Waals surface area contributed by atoms with Crippen LogP contribution in [0.25, 0.3) is 17.2 Å². The molecule has 7 nitrogen and oxygen atoms in total. The van der Waals surface area contributed by atoms with Gasteiger partial charge in [-0.15, -0.1) is 0 Å². The molecule has 0 N–H and O–H groups in total. The molecule has 0 saturated heterocycles. The van der Waals surface area contributed by atoms with Gasteiger partial charge in [-0.25, -0.2) is 4.98 Å². The summed E-state index contributed by atoms with van der Waals surface area (Å²) in [5.41, 5.74) is 7.22. The SMILES string of the molecule is C/C=C\C(/C(C)=C\c1nc(COC)cc(=O)n1C)N1CCc2ncc(-c3ccc(C)nc3)cc2C1. The van der Waals surface area contributed by atoms with Crippen LogP contribution in [0.4, 0.5) is 0 Å². The van der Waals surface area contributed by atoms with Gasteiger partial charge in [0.2, 0.25) is 0 Å². The standard InChI is InChI=1S/C28H33N5O2/c1-6-7-26(19(2)12-27-31-24(18-35-5)14-28(34)32(27)4)33-11-10-25-23(17-33)13-22(16-30-25)21-9-8-20(3)29-15-21/h6-9,12-16,26H,10-11,17-18H2,1-5H3/b7-6-,19-12-. The van der Waals surface area contributed by atoms with Gasteiger partial charge in [0, 0.05) is 80.7 Å². The Morgan fingerprint density at radius 3 is 2.71 bits per heavy atom. The third kappa shape index (κ3) is 5.63. The summed E-state index contributed by atoms with van der Waals surface area (Å²) in [5.74, 6) is 0.629. The molecule has 0 spiro atoms. The van der Waals surface area contributed by atoms with E-state index in [4.69, 9.17) is 9.72 Å². The van der Waals surface area contributed by atoms with E-state index in [-0.39, 0.29) is 11.6 Å². The molecule has 0 aromatic carbocycles. The number of aromatic nitrogens is 4. The second kappa shape index (κ2) is 10.9. The van der Waals surface area contributed by atoms with Gasteiger partial charge in [0.15, 0.2) is 0 Å². The number of fused-ring (bicyclic) bond motifs is 1. The van der Waals surface area contributed by atoms with Gasteiger partial charge in [-0.2, -0.15) is 0 Å². The molecule has 7 heteroatoms. The zero-order valence-corrected chi connectivity index (χ0v) is 21.2. The lowest BCUT2D eigenvalue weighted by molar-refractivity contribution is 0.181. The van der Waals surface area contributed by atoms with Crippen molar-refractivity contribution in [1.82, 2.24) is 24.4 Å². The van der Waals surface area contributed by atoms with Crippen LogP contribution in [0.1, 0.15) is 42.3 Å². The topological polar surface area (TPSA) is 73.1 Å². The van der Waals surface area contributed by atoms with Crippen molar-refractivity contribution in [3.8, 4) is 11.1 Å². The lowest BCUT2D eigenvalue weighted by Crippen LogP contribution is -2.39. The minimum Gasteiger partial charge on any atom is -0.378 e. The second-order valence-electron chi connectivity index (χ2n) is 9.03. The largest absolute Gasteiger partial charge is 0.378 e. The molecule has 1 aliphatic rings. The molecular weight excluding hydrogens is 438 g/mol. The number of nitrogens with zero attached hydrogens (tertiary/aromatic N) is 5. The Kier molecular flexibility index (Phi) is 7.68. The highest BCUT2D eigenvalue weighted by molar-refractivity contribution is 5.62. The van der Waals surface area contributed by atoms with Gasteiger partial charge in [0.25, 0.3) is 5.56 Å². The Morgan fingerprint density at radius 1 is 1.20 bits per heavy atom. The molecule has 3 aromatic rings. The number of allylic oxidation sites excluding steroid dienone is 1. The van der Waals surface area contributed by atoms with E-state index in [0.29, 0.717) is 18.1 Å². The summed E-state index contributed by atoms with van der Waals surface area (Å²) < 4.78 is 6.76. The van der Waals surface area contributed by atoms with E-state index in [2.05, 4.69) is 46.1 Å². The average molecular weight is 472 g/mol. The highest BCUT2D eigenvalue weighted by Crippen LogP contribution is 2.27. The summed E-state index contributed by atoms with van der Waals surface area (Å²) in [5, 5.41) is 0. The number of rotatable bonds is 7. The van der Waals surface area contributed by atoms with E-state index >= 15 is 0 Å². The summed E-state index contributed by atoms with van der Waals surface area (Å²) in [6.07, 6.45) is 11.0. The fraction of sp³-hybridized carbons (Fsp3) is 0.357. The van der Waals surface area contributed by atoms with Gasteiger partial charge < -0.3 is 4.74 Å². The van der Waals surface area contributed by atoms with Crippen LogP contribution in [-0.2, 0) is 31.4 Å². The van der Waals surface area contributed by atoms with Crippen molar-refractivity contribution in [1.29, 1.82) is 0 Å². The van der Waals surface area contributed by atoms with Gasteiger partial charge in [-0.1, -0.05) is 18.2 Å². The molecule has 0 aliphatic carbocycles. The molecule has 3 aromatic heterocycles. The first-order chi connectivity index (χ1) is 16.9. The third-order valence-corrected chi connectivity index (χ3v) is 6.42. The average Bonchev–Trinajstić information content (AvgIpc) is 2.85. The van der Waals surface area contributed by atoms with E-state index in [9.17, 15) is 4.79 Å². The van der Waals surface area contributed by atoms with Gasteiger partial charge in [-0.3, -0.25) is 24.2 Å². The third-order valence-electron chi connectivity index (χ3n) is 6.42. The Bertz CT molecular complexity index is 1310. The number of hydrogen-bond donors (Lipinski definition) is 0. The van der Waals surface area contributed by atoms with Crippen LogP contribution < -0.4 is 5.56 Å². The fourth-order valence-electron chi connectivity index (χ4n) is 4.47. The molecule has 35 heavy (non-hydrogen) atoms. The van der Waals surface area contributed by atoms with Gasteiger partial charge in [0.05, 0.1) is 12.3 Å². The van der Waals surface area contributed by atoms with E-state index in [1.807, 2.05) is 38.4 Å². The van der Waals surface area contributed by atoms with E-state index in [1.165, 1.54) is 11.6 Å². The number of aryl methyl sites for hydroxylation is 1. The lowest BCUT2D eigenvalue weighted by atomic mass is 9.97. The number of methoxy groups -OCH3 is 1. The lowest BCUT2D eigenvalue weighted by Gasteiger charge is -2.34. The van der Waals surface area contributed by atoms with Gasteiger partial charge in [-0.05, 0) is 50.1 Å². The minimum absolute atomic E-state index is 0.0841. The molecule has 4 rings (SSSR count). The van der Waals surface area contributed by atoms with Crippen LogP contribution >= 0.6 is 0 Å². The molecule has 0 saturated carbocycles. The predicted molar refractivity (Wildman–Crippen MR) is 139 cm³/mol. The first kappa shape index (κ1) is 24.7. The maximum Gasteiger partial charge on any atom is 0.253 e. The fourth-order valence-corrected chi connectivity index (χ4v) is 4.47. The molecule has 1 atom stereocenters. The van der Waals surface area contributed by atoms with Gasteiger partial charge >= 0.3 is 0 Å². The van der Waals surface area contributed by atoms with Crippen LogP contribution in [0, 0.1) is 6.92 Å². The molecule has 0 bridgehead atoms. The second-order valence-corrected chi connectivity index (χ2v) is 9.03. The van der Waals surface area contributed by atoms with Gasteiger partial charge in [0.1, 0.15) is 5.82 Å². The zero-order chi connectivity index (χ0) is 24.9. The van der Waals surface area contributed by atoms with E-state index < -0.39 is 0 Å². The molecular formula is C28H33N5O2. The normalized spacial score (nSPS) is 15.4. The van der Waals surface area contributed by atoms with Crippen LogP contribution in [0.15, 0.2) is 59.2 Å². The molecule has 0 amide bonds. The quantitative estimate of drug-likeness (QED) is 0.483. The van der Waals surface area contributed by atoms with Crippen LogP contribution in [0.2, 0.25) is 0 Å². The van der Waals surface area contributed by atoms with Crippen LogP contribution in [-0.4, -0.2) is 44.1 Å². The van der Waals surface area contributed by atoms with Crippen molar-refractivity contribution in [2.75, 3.05) is 13.7 Å². The molecule has 1 aliphatic heterocycles. The molecule has 182 valence electrons. The summed E-state index contributed by atoms with van der Waals surface area (Å²) in [6, 6.07) is 7.97. The predicted octanol–water partition coefficient (Wildman–Crippen LogP) is 4.10. The minimum atomic E-state index is -0.0928. The maximum absolute atomic E-state index is 12.4.